The minimum absolute atomic E-state index is 0.0529. The number of anilines is 1. The van der Waals surface area contributed by atoms with Crippen LogP contribution < -0.4 is 4.90 Å². The lowest BCUT2D eigenvalue weighted by Crippen LogP contribution is -2.25. The molecule has 0 aliphatic heterocycles. The van der Waals surface area contributed by atoms with Crippen molar-refractivity contribution in [2.75, 3.05) is 18.5 Å². The molecular formula is C15H13F2NO2. The Balaban J connectivity index is 2.15. The molecule has 0 saturated heterocycles. The number of carbonyl (C=O) groups is 1. The quantitative estimate of drug-likeness (QED) is 0.873. The molecule has 5 heteroatoms. The second kappa shape index (κ2) is 5.69. The first kappa shape index (κ1) is 14.0. The van der Waals surface area contributed by atoms with Gasteiger partial charge in [0.2, 0.25) is 0 Å². The SMILES string of the molecule is CN(CC(=O)c1cc(F)ccc1O)c1ccc(F)cc1. The highest BCUT2D eigenvalue weighted by Crippen LogP contribution is 2.20. The van der Waals surface area contributed by atoms with Crippen LogP contribution in [0.4, 0.5) is 14.5 Å². The number of hydrogen-bond acceptors (Lipinski definition) is 3. The molecule has 0 fully saturated rings. The molecule has 0 bridgehead atoms. The Kier molecular flexibility index (Phi) is 3.98. The van der Waals surface area contributed by atoms with Gasteiger partial charge >= 0.3 is 0 Å². The summed E-state index contributed by atoms with van der Waals surface area (Å²) in [7, 11) is 1.65. The van der Waals surface area contributed by atoms with Crippen molar-refractivity contribution >= 4 is 11.5 Å². The second-order valence-electron chi connectivity index (χ2n) is 4.42. The van der Waals surface area contributed by atoms with E-state index in [2.05, 4.69) is 0 Å². The van der Waals surface area contributed by atoms with E-state index in [0.717, 1.165) is 18.2 Å². The maximum atomic E-state index is 13.1. The van der Waals surface area contributed by atoms with Crippen molar-refractivity contribution in [1.29, 1.82) is 0 Å². The second-order valence-corrected chi connectivity index (χ2v) is 4.42. The molecule has 20 heavy (non-hydrogen) atoms. The Morgan fingerprint density at radius 1 is 1.10 bits per heavy atom. The summed E-state index contributed by atoms with van der Waals surface area (Å²) in [5.74, 6) is -1.63. The Bertz CT molecular complexity index is 626. The molecule has 0 aliphatic carbocycles. The zero-order valence-corrected chi connectivity index (χ0v) is 10.8. The van der Waals surface area contributed by atoms with Crippen molar-refractivity contribution < 1.29 is 18.7 Å². The monoisotopic (exact) mass is 277 g/mol. The van der Waals surface area contributed by atoms with Crippen LogP contribution in [-0.2, 0) is 0 Å². The van der Waals surface area contributed by atoms with Gasteiger partial charge in [-0.05, 0) is 42.5 Å². The Labute approximate surface area is 115 Å². The van der Waals surface area contributed by atoms with Crippen LogP contribution in [-0.4, -0.2) is 24.5 Å². The van der Waals surface area contributed by atoms with Gasteiger partial charge in [-0.3, -0.25) is 4.79 Å². The zero-order valence-electron chi connectivity index (χ0n) is 10.8. The first-order chi connectivity index (χ1) is 9.47. The molecule has 0 amide bonds. The van der Waals surface area contributed by atoms with E-state index in [1.807, 2.05) is 0 Å². The number of carbonyl (C=O) groups excluding carboxylic acids is 1. The minimum Gasteiger partial charge on any atom is -0.507 e. The fourth-order valence-corrected chi connectivity index (χ4v) is 1.82. The lowest BCUT2D eigenvalue weighted by Gasteiger charge is -2.18. The van der Waals surface area contributed by atoms with Crippen LogP contribution in [0.3, 0.4) is 0 Å². The average molecular weight is 277 g/mol. The van der Waals surface area contributed by atoms with E-state index in [9.17, 15) is 18.7 Å². The highest BCUT2D eigenvalue weighted by atomic mass is 19.1. The summed E-state index contributed by atoms with van der Waals surface area (Å²) in [5, 5.41) is 9.57. The summed E-state index contributed by atoms with van der Waals surface area (Å²) in [6.07, 6.45) is 0. The number of ketones is 1. The molecule has 0 unspecified atom stereocenters. The highest BCUT2D eigenvalue weighted by molar-refractivity contribution is 6.01. The first-order valence-corrected chi connectivity index (χ1v) is 5.96. The number of aromatic hydroxyl groups is 1. The van der Waals surface area contributed by atoms with Gasteiger partial charge in [-0.25, -0.2) is 8.78 Å². The standard InChI is InChI=1S/C15H13F2NO2/c1-18(12-5-2-10(16)3-6-12)9-15(20)13-8-11(17)4-7-14(13)19/h2-8,19H,9H2,1H3. The molecule has 104 valence electrons. The summed E-state index contributed by atoms with van der Waals surface area (Å²) in [6.45, 7) is -0.0529. The minimum atomic E-state index is -0.587. The molecule has 0 heterocycles. The van der Waals surface area contributed by atoms with Crippen LogP contribution in [0.15, 0.2) is 42.5 Å². The predicted octanol–water partition coefficient (Wildman–Crippen LogP) is 2.99. The maximum absolute atomic E-state index is 13.1. The van der Waals surface area contributed by atoms with Crippen LogP contribution in [0.25, 0.3) is 0 Å². The number of nitrogens with zero attached hydrogens (tertiary/aromatic N) is 1. The van der Waals surface area contributed by atoms with Crippen LogP contribution >= 0.6 is 0 Å². The fraction of sp³-hybridized carbons (Fsp3) is 0.133. The number of phenolic OH excluding ortho intramolecular Hbond substituents is 1. The smallest absolute Gasteiger partial charge is 0.185 e. The number of halogens is 2. The van der Waals surface area contributed by atoms with Crippen molar-refractivity contribution in [2.24, 2.45) is 0 Å². The fourth-order valence-electron chi connectivity index (χ4n) is 1.82. The topological polar surface area (TPSA) is 40.5 Å². The molecular weight excluding hydrogens is 264 g/mol. The van der Waals surface area contributed by atoms with Gasteiger partial charge in [0.1, 0.15) is 17.4 Å². The molecule has 1 N–H and O–H groups in total. The third-order valence-corrected chi connectivity index (χ3v) is 2.91. The Morgan fingerprint density at radius 3 is 2.35 bits per heavy atom. The van der Waals surface area contributed by atoms with Crippen molar-refractivity contribution in [3.05, 3.63) is 59.7 Å². The average Bonchev–Trinajstić information content (AvgIpc) is 2.42. The number of hydrogen-bond donors (Lipinski definition) is 1. The number of phenols is 1. The van der Waals surface area contributed by atoms with Crippen LogP contribution in [0.1, 0.15) is 10.4 Å². The lowest BCUT2D eigenvalue weighted by molar-refractivity contribution is 0.0997. The maximum Gasteiger partial charge on any atom is 0.185 e. The molecule has 0 saturated carbocycles. The molecule has 0 aliphatic rings. The molecule has 0 atom stereocenters. The summed E-state index contributed by atoms with van der Waals surface area (Å²) >= 11 is 0. The van der Waals surface area contributed by atoms with Crippen LogP contribution in [0.5, 0.6) is 5.75 Å². The van der Waals surface area contributed by atoms with E-state index in [1.165, 1.54) is 24.3 Å². The van der Waals surface area contributed by atoms with Gasteiger partial charge in [-0.15, -0.1) is 0 Å². The molecule has 2 aromatic carbocycles. The predicted molar refractivity (Wildman–Crippen MR) is 72.1 cm³/mol. The first-order valence-electron chi connectivity index (χ1n) is 5.96. The molecule has 0 spiro atoms. The number of likely N-dealkylation sites (N-methyl/N-ethyl adjacent to an activating group) is 1. The van der Waals surface area contributed by atoms with E-state index < -0.39 is 11.6 Å². The van der Waals surface area contributed by atoms with Crippen LogP contribution in [0, 0.1) is 11.6 Å². The molecule has 3 nitrogen and oxygen atoms in total. The van der Waals surface area contributed by atoms with E-state index in [1.54, 1.807) is 11.9 Å². The van der Waals surface area contributed by atoms with Gasteiger partial charge in [0, 0.05) is 12.7 Å². The number of rotatable bonds is 4. The van der Waals surface area contributed by atoms with Crippen molar-refractivity contribution in [3.8, 4) is 5.75 Å². The molecule has 0 aromatic heterocycles. The van der Waals surface area contributed by atoms with Gasteiger partial charge in [-0.1, -0.05) is 0 Å². The third kappa shape index (κ3) is 3.12. The summed E-state index contributed by atoms with van der Waals surface area (Å²) in [5.41, 5.74) is 0.578. The van der Waals surface area contributed by atoms with Crippen molar-refractivity contribution in [1.82, 2.24) is 0 Å². The van der Waals surface area contributed by atoms with Gasteiger partial charge in [-0.2, -0.15) is 0 Å². The Hall–Kier alpha value is -2.43. The molecule has 2 aromatic rings. The third-order valence-electron chi connectivity index (χ3n) is 2.91. The van der Waals surface area contributed by atoms with Gasteiger partial charge in [0.25, 0.3) is 0 Å². The Morgan fingerprint density at radius 2 is 1.70 bits per heavy atom. The van der Waals surface area contributed by atoms with Crippen molar-refractivity contribution in [2.45, 2.75) is 0 Å². The van der Waals surface area contributed by atoms with E-state index in [4.69, 9.17) is 0 Å². The lowest BCUT2D eigenvalue weighted by atomic mass is 10.1. The largest absolute Gasteiger partial charge is 0.507 e. The summed E-state index contributed by atoms with van der Waals surface area (Å²) in [4.78, 5) is 13.6. The zero-order chi connectivity index (χ0) is 14.7. The summed E-state index contributed by atoms with van der Waals surface area (Å²) < 4.78 is 25.9. The van der Waals surface area contributed by atoms with Crippen molar-refractivity contribution in [3.63, 3.8) is 0 Å². The molecule has 0 radical (unpaired) electrons. The van der Waals surface area contributed by atoms with Crippen LogP contribution in [0.2, 0.25) is 0 Å². The normalized spacial score (nSPS) is 10.3. The van der Waals surface area contributed by atoms with Gasteiger partial charge in [0.15, 0.2) is 5.78 Å². The van der Waals surface area contributed by atoms with E-state index >= 15 is 0 Å². The van der Waals surface area contributed by atoms with E-state index in [0.29, 0.717) is 5.69 Å². The van der Waals surface area contributed by atoms with E-state index in [-0.39, 0.29) is 23.7 Å². The van der Waals surface area contributed by atoms with Gasteiger partial charge < -0.3 is 10.0 Å². The highest BCUT2D eigenvalue weighted by Gasteiger charge is 2.14. The number of benzene rings is 2. The van der Waals surface area contributed by atoms with Gasteiger partial charge in [0.05, 0.1) is 12.1 Å². The molecule has 2 rings (SSSR count). The summed E-state index contributed by atoms with van der Waals surface area (Å²) in [6, 6.07) is 8.86. The number of Topliss-reactive ketones (excluding diaryl/α,β-unsaturated/α-hetero) is 1.